The second-order valence-corrected chi connectivity index (χ2v) is 5.07. The number of nitriles is 1. The van der Waals surface area contributed by atoms with Crippen LogP contribution in [0.5, 0.6) is 0 Å². The zero-order valence-corrected chi connectivity index (χ0v) is 9.16. The summed E-state index contributed by atoms with van der Waals surface area (Å²) in [5.41, 5.74) is -0.535. The van der Waals surface area contributed by atoms with Crippen molar-refractivity contribution < 1.29 is 9.13 Å². The van der Waals surface area contributed by atoms with Crippen molar-refractivity contribution in [3.8, 4) is 6.07 Å². The predicted molar refractivity (Wildman–Crippen MR) is 55.5 cm³/mol. The van der Waals surface area contributed by atoms with E-state index in [2.05, 4.69) is 11.4 Å². The Morgan fingerprint density at radius 1 is 1.50 bits per heavy atom. The molecule has 0 radical (unpaired) electrons. The van der Waals surface area contributed by atoms with Crippen LogP contribution in [-0.4, -0.2) is 55.5 Å². The molecule has 0 aromatic carbocycles. The molecule has 1 N–H and O–H groups in total. The normalized spacial score (nSPS) is 42.1. The molecule has 0 spiro atoms. The molecule has 0 aromatic rings. The maximum Gasteiger partial charge on any atom is 0.156 e. The molecule has 3 aliphatic heterocycles. The van der Waals surface area contributed by atoms with E-state index >= 15 is 0 Å². The lowest BCUT2D eigenvalue weighted by molar-refractivity contribution is -0.125. The first kappa shape index (κ1) is 10.5. The van der Waals surface area contributed by atoms with E-state index in [1.165, 1.54) is 0 Å². The van der Waals surface area contributed by atoms with Gasteiger partial charge in [0.2, 0.25) is 0 Å². The molecule has 0 saturated carbocycles. The van der Waals surface area contributed by atoms with Gasteiger partial charge < -0.3 is 10.1 Å². The van der Waals surface area contributed by atoms with Gasteiger partial charge in [-0.05, 0) is 6.42 Å². The summed E-state index contributed by atoms with van der Waals surface area (Å²) in [6, 6.07) is 2.67. The highest BCUT2D eigenvalue weighted by Gasteiger charge is 2.49. The van der Waals surface area contributed by atoms with Gasteiger partial charge >= 0.3 is 0 Å². The van der Waals surface area contributed by atoms with Gasteiger partial charge in [0.15, 0.2) is 5.54 Å². The fourth-order valence-electron chi connectivity index (χ4n) is 2.75. The van der Waals surface area contributed by atoms with Crippen molar-refractivity contribution in [1.82, 2.24) is 10.2 Å². The molecule has 0 aliphatic carbocycles. The number of nitrogens with one attached hydrogen (secondary N) is 1. The Morgan fingerprint density at radius 3 is 2.69 bits per heavy atom. The van der Waals surface area contributed by atoms with Crippen LogP contribution in [0.15, 0.2) is 0 Å². The number of hydrogen-bond donors (Lipinski definition) is 1. The molecule has 3 saturated heterocycles. The van der Waals surface area contributed by atoms with E-state index in [0.29, 0.717) is 25.8 Å². The molecule has 0 amide bonds. The lowest BCUT2D eigenvalue weighted by Crippen LogP contribution is -2.64. The smallest absolute Gasteiger partial charge is 0.156 e. The summed E-state index contributed by atoms with van der Waals surface area (Å²) in [6.45, 7) is 3.03. The second kappa shape index (κ2) is 3.66. The van der Waals surface area contributed by atoms with E-state index in [9.17, 15) is 4.39 Å². The first-order valence-corrected chi connectivity index (χ1v) is 5.87. The summed E-state index contributed by atoms with van der Waals surface area (Å²) in [7, 11) is 0. The molecule has 3 fully saturated rings. The van der Waals surface area contributed by atoms with Crippen LogP contribution in [0.3, 0.4) is 0 Å². The van der Waals surface area contributed by atoms with E-state index in [1.807, 2.05) is 4.90 Å². The molecule has 16 heavy (non-hydrogen) atoms. The zero-order valence-electron chi connectivity index (χ0n) is 9.16. The fourth-order valence-corrected chi connectivity index (χ4v) is 2.75. The van der Waals surface area contributed by atoms with Crippen molar-refractivity contribution in [1.29, 1.82) is 5.26 Å². The number of rotatable bonds is 2. The summed E-state index contributed by atoms with van der Waals surface area (Å²) in [5, 5.41) is 12.3. The first-order valence-electron chi connectivity index (χ1n) is 5.87. The Morgan fingerprint density at radius 2 is 2.25 bits per heavy atom. The van der Waals surface area contributed by atoms with E-state index in [0.717, 1.165) is 19.5 Å². The van der Waals surface area contributed by atoms with E-state index in [1.54, 1.807) is 0 Å². The van der Waals surface area contributed by atoms with Crippen molar-refractivity contribution in [3.63, 3.8) is 0 Å². The van der Waals surface area contributed by atoms with Gasteiger partial charge in [0.25, 0.3) is 0 Å². The minimum atomic E-state index is -0.806. The third kappa shape index (κ3) is 1.53. The van der Waals surface area contributed by atoms with Crippen LogP contribution in [0.4, 0.5) is 4.39 Å². The highest BCUT2D eigenvalue weighted by atomic mass is 19.1. The third-order valence-corrected chi connectivity index (χ3v) is 4.04. The van der Waals surface area contributed by atoms with E-state index in [-0.39, 0.29) is 5.92 Å². The number of piperidine rings is 1. The van der Waals surface area contributed by atoms with Crippen molar-refractivity contribution in [2.24, 2.45) is 5.92 Å². The summed E-state index contributed by atoms with van der Waals surface area (Å²) in [6.07, 6.45) is 0.0435. The fraction of sp³-hybridized carbons (Fsp3) is 0.909. The van der Waals surface area contributed by atoms with Gasteiger partial charge in [0, 0.05) is 31.6 Å². The van der Waals surface area contributed by atoms with Crippen LogP contribution in [0.25, 0.3) is 0 Å². The van der Waals surface area contributed by atoms with Crippen molar-refractivity contribution in [2.75, 3.05) is 32.8 Å². The molecule has 3 unspecified atom stereocenters. The molecule has 0 bridgehead atoms. The minimum absolute atomic E-state index is 0.146. The molecule has 0 aromatic heterocycles. The van der Waals surface area contributed by atoms with E-state index < -0.39 is 11.7 Å². The lowest BCUT2D eigenvalue weighted by atomic mass is 9.87. The largest absolute Gasteiger partial charge is 0.375 e. The van der Waals surface area contributed by atoms with Crippen molar-refractivity contribution >= 4 is 0 Å². The van der Waals surface area contributed by atoms with Crippen molar-refractivity contribution in [2.45, 2.75) is 24.2 Å². The zero-order chi connectivity index (χ0) is 11.2. The van der Waals surface area contributed by atoms with Crippen LogP contribution in [-0.2, 0) is 4.74 Å². The second-order valence-electron chi connectivity index (χ2n) is 5.07. The number of ether oxygens (including phenoxy) is 1. The van der Waals surface area contributed by atoms with Gasteiger partial charge in [-0.3, -0.25) is 4.90 Å². The molecular formula is C11H16FN3O. The van der Waals surface area contributed by atoms with Crippen LogP contribution < -0.4 is 5.32 Å². The average Bonchev–Trinajstić information content (AvgIpc) is 3.01. The Hall–Kier alpha value is -0.700. The summed E-state index contributed by atoms with van der Waals surface area (Å²) in [4.78, 5) is 1.97. The van der Waals surface area contributed by atoms with Crippen LogP contribution in [0.2, 0.25) is 0 Å². The van der Waals surface area contributed by atoms with Crippen LogP contribution in [0.1, 0.15) is 6.42 Å². The minimum Gasteiger partial charge on any atom is -0.375 e. The Kier molecular flexibility index (Phi) is 2.39. The van der Waals surface area contributed by atoms with Gasteiger partial charge in [0.1, 0.15) is 6.17 Å². The Bertz CT molecular complexity index is 322. The molecule has 88 valence electrons. The molecule has 3 atom stereocenters. The highest BCUT2D eigenvalue weighted by molar-refractivity contribution is 5.15. The highest BCUT2D eigenvalue weighted by Crippen LogP contribution is 2.33. The Labute approximate surface area is 94.4 Å². The van der Waals surface area contributed by atoms with Gasteiger partial charge in [-0.25, -0.2) is 4.39 Å². The number of halogens is 1. The molecule has 3 rings (SSSR count). The maximum atomic E-state index is 14.0. The van der Waals surface area contributed by atoms with Crippen LogP contribution in [0, 0.1) is 17.2 Å². The Balaban J connectivity index is 1.65. The topological polar surface area (TPSA) is 58.2 Å². The molecular weight excluding hydrogens is 209 g/mol. The monoisotopic (exact) mass is 225 g/mol. The number of nitrogens with zero attached hydrogens (tertiary/aromatic N) is 2. The van der Waals surface area contributed by atoms with Gasteiger partial charge in [-0.1, -0.05) is 0 Å². The molecule has 4 nitrogen and oxygen atoms in total. The lowest BCUT2D eigenvalue weighted by Gasteiger charge is -2.48. The maximum absolute atomic E-state index is 14.0. The molecule has 3 aliphatic rings. The molecule has 3 heterocycles. The number of hydrogen-bond acceptors (Lipinski definition) is 4. The van der Waals surface area contributed by atoms with Gasteiger partial charge in [-0.15, -0.1) is 0 Å². The average molecular weight is 225 g/mol. The summed E-state index contributed by atoms with van der Waals surface area (Å²) < 4.78 is 19.1. The molecule has 5 heteroatoms. The standard InChI is InChI=1S/C11H16FN3O/c12-9-4-15(11(5-13)6-16-7-11)2-1-8(9)10-3-14-10/h8-10,14H,1-4,6-7H2. The number of alkyl halides is 1. The van der Waals surface area contributed by atoms with Crippen molar-refractivity contribution in [3.05, 3.63) is 0 Å². The third-order valence-electron chi connectivity index (χ3n) is 4.04. The quantitative estimate of drug-likeness (QED) is 0.667. The SMILES string of the molecule is N#CC1(N2CCC(C3CN3)C(F)C2)COC1. The first-order chi connectivity index (χ1) is 7.75. The van der Waals surface area contributed by atoms with E-state index in [4.69, 9.17) is 10.00 Å². The summed E-state index contributed by atoms with van der Waals surface area (Å²) >= 11 is 0. The van der Waals surface area contributed by atoms with Gasteiger partial charge in [-0.2, -0.15) is 5.26 Å². The summed E-state index contributed by atoms with van der Waals surface area (Å²) in [5.74, 6) is 0.146. The number of likely N-dealkylation sites (tertiary alicyclic amines) is 1. The van der Waals surface area contributed by atoms with Crippen LogP contribution >= 0.6 is 0 Å². The predicted octanol–water partition coefficient (Wildman–Crippen LogP) is -0.0892. The van der Waals surface area contributed by atoms with Gasteiger partial charge in [0.05, 0.1) is 19.3 Å².